The highest BCUT2D eigenvalue weighted by molar-refractivity contribution is 5.07. The van der Waals surface area contributed by atoms with Crippen LogP contribution in [-0.4, -0.2) is 37.2 Å². The van der Waals surface area contributed by atoms with Crippen LogP contribution in [0.1, 0.15) is 55.4 Å². The summed E-state index contributed by atoms with van der Waals surface area (Å²) in [5.41, 5.74) is 0.0710. The molecule has 0 amide bonds. The Morgan fingerprint density at radius 1 is 0.706 bits per heavy atom. The van der Waals surface area contributed by atoms with Crippen molar-refractivity contribution < 1.29 is 4.74 Å². The molecule has 17 heavy (non-hydrogen) atoms. The minimum absolute atomic E-state index is 0.0442. The third kappa shape index (κ3) is 2.39. The van der Waals surface area contributed by atoms with Crippen LogP contribution in [0.2, 0.25) is 0 Å². The van der Waals surface area contributed by atoms with Crippen molar-refractivity contribution in [3.8, 4) is 0 Å². The minimum Gasteiger partial charge on any atom is -0.378 e. The molecule has 0 unspecified atom stereocenters. The topological polar surface area (TPSA) is 12.5 Å². The fraction of sp³-hybridized carbons (Fsp3) is 1.00. The lowest BCUT2D eigenvalue weighted by atomic mass is 9.52. The van der Waals surface area contributed by atoms with Gasteiger partial charge in [-0.25, -0.2) is 0 Å². The van der Waals surface area contributed by atoms with Gasteiger partial charge in [0.1, 0.15) is 0 Å². The molecular formula is C15H33NO. The Kier molecular flexibility index (Phi) is 4.52. The zero-order valence-electron chi connectivity index (χ0n) is 13.9. The maximum atomic E-state index is 5.75. The molecular weight excluding hydrogens is 210 g/mol. The van der Waals surface area contributed by atoms with Crippen LogP contribution in [0, 0.1) is 10.8 Å². The Bertz CT molecular complexity index is 262. The molecule has 2 heteroatoms. The first-order valence-electron chi connectivity index (χ1n) is 6.48. The highest BCUT2D eigenvalue weighted by Gasteiger charge is 2.55. The molecule has 0 saturated carbocycles. The van der Waals surface area contributed by atoms with Crippen LogP contribution >= 0.6 is 0 Å². The van der Waals surface area contributed by atoms with Crippen molar-refractivity contribution in [2.45, 2.75) is 66.5 Å². The second-order valence-electron chi connectivity index (χ2n) is 7.42. The Morgan fingerprint density at radius 3 is 1.29 bits per heavy atom. The third-order valence-electron chi connectivity index (χ3n) is 6.23. The number of ether oxygens (including phenoxy) is 1. The van der Waals surface area contributed by atoms with E-state index in [9.17, 15) is 0 Å². The van der Waals surface area contributed by atoms with Crippen molar-refractivity contribution in [3.05, 3.63) is 0 Å². The van der Waals surface area contributed by atoms with E-state index < -0.39 is 0 Å². The normalized spacial score (nSPS) is 15.5. The SMILES string of the molecule is COC(C)(C)C(C)(C)C(C)(C)C(C)(C)N(C)C. The highest BCUT2D eigenvalue weighted by atomic mass is 16.5. The fourth-order valence-electron chi connectivity index (χ4n) is 2.33. The van der Waals surface area contributed by atoms with Gasteiger partial charge in [-0.15, -0.1) is 0 Å². The van der Waals surface area contributed by atoms with E-state index in [1.807, 2.05) is 0 Å². The molecule has 0 spiro atoms. The average molecular weight is 243 g/mol. The third-order valence-corrected chi connectivity index (χ3v) is 6.23. The van der Waals surface area contributed by atoms with Gasteiger partial charge in [-0.3, -0.25) is 0 Å². The van der Waals surface area contributed by atoms with E-state index in [-0.39, 0.29) is 22.0 Å². The van der Waals surface area contributed by atoms with Crippen LogP contribution in [0.4, 0.5) is 0 Å². The molecule has 0 N–H and O–H groups in total. The van der Waals surface area contributed by atoms with E-state index in [0.29, 0.717) is 0 Å². The molecule has 0 heterocycles. The summed E-state index contributed by atoms with van der Waals surface area (Å²) in [6, 6.07) is 0. The molecule has 0 fully saturated rings. The molecule has 0 aliphatic heterocycles. The first-order valence-corrected chi connectivity index (χ1v) is 6.48. The summed E-state index contributed by atoms with van der Waals surface area (Å²) in [5, 5.41) is 0. The van der Waals surface area contributed by atoms with Crippen molar-refractivity contribution in [3.63, 3.8) is 0 Å². The number of rotatable bonds is 5. The lowest BCUT2D eigenvalue weighted by Gasteiger charge is -2.59. The van der Waals surface area contributed by atoms with Gasteiger partial charge < -0.3 is 9.64 Å². The van der Waals surface area contributed by atoms with E-state index >= 15 is 0 Å². The predicted octanol–water partition coefficient (Wildman–Crippen LogP) is 3.80. The van der Waals surface area contributed by atoms with Crippen LogP contribution in [0.5, 0.6) is 0 Å². The molecule has 0 bridgehead atoms. The van der Waals surface area contributed by atoms with Gasteiger partial charge in [0, 0.05) is 18.1 Å². The smallest absolute Gasteiger partial charge is 0.0679 e. The summed E-state index contributed by atoms with van der Waals surface area (Å²) >= 11 is 0. The van der Waals surface area contributed by atoms with Crippen LogP contribution in [0.3, 0.4) is 0 Å². The maximum absolute atomic E-state index is 5.75. The molecule has 104 valence electrons. The van der Waals surface area contributed by atoms with Crippen LogP contribution < -0.4 is 0 Å². The van der Waals surface area contributed by atoms with Gasteiger partial charge in [-0.05, 0) is 47.2 Å². The summed E-state index contributed by atoms with van der Waals surface area (Å²) in [6.07, 6.45) is 0. The molecule has 0 aliphatic carbocycles. The van der Waals surface area contributed by atoms with Gasteiger partial charge in [0.15, 0.2) is 0 Å². The quantitative estimate of drug-likeness (QED) is 0.728. The van der Waals surface area contributed by atoms with Gasteiger partial charge in [0.05, 0.1) is 5.60 Å². The van der Waals surface area contributed by atoms with Crippen molar-refractivity contribution in [2.75, 3.05) is 21.2 Å². The van der Waals surface area contributed by atoms with Gasteiger partial charge in [0.2, 0.25) is 0 Å². The van der Waals surface area contributed by atoms with Gasteiger partial charge in [-0.2, -0.15) is 0 Å². The van der Waals surface area contributed by atoms with E-state index in [0.717, 1.165) is 0 Å². The van der Waals surface area contributed by atoms with Crippen molar-refractivity contribution in [1.29, 1.82) is 0 Å². The molecule has 0 aromatic rings. The molecule has 0 rings (SSSR count). The zero-order valence-corrected chi connectivity index (χ0v) is 13.9. The average Bonchev–Trinajstić information content (AvgIpc) is 2.16. The second kappa shape index (κ2) is 4.55. The number of nitrogens with zero attached hydrogens (tertiary/aromatic N) is 1. The largest absolute Gasteiger partial charge is 0.378 e. The summed E-state index contributed by atoms with van der Waals surface area (Å²) in [4.78, 5) is 2.31. The molecule has 0 aliphatic rings. The van der Waals surface area contributed by atoms with Crippen LogP contribution in [-0.2, 0) is 4.74 Å². The molecule has 0 aromatic heterocycles. The standard InChI is InChI=1S/C15H33NO/c1-12(2,14(5,6)16(9)10)13(3,4)15(7,8)17-11/h1-11H3. The zero-order chi connectivity index (χ0) is 14.3. The van der Waals surface area contributed by atoms with E-state index in [4.69, 9.17) is 4.74 Å². The predicted molar refractivity (Wildman–Crippen MR) is 76.4 cm³/mol. The van der Waals surface area contributed by atoms with Crippen LogP contribution in [0.15, 0.2) is 0 Å². The van der Waals surface area contributed by atoms with E-state index in [1.54, 1.807) is 7.11 Å². The summed E-state index contributed by atoms with van der Waals surface area (Å²) in [5.74, 6) is 0. The molecule has 0 aromatic carbocycles. The lowest BCUT2D eigenvalue weighted by molar-refractivity contribution is -0.163. The summed E-state index contributed by atoms with van der Waals surface area (Å²) < 4.78 is 5.75. The number of hydrogen-bond acceptors (Lipinski definition) is 2. The molecule has 0 radical (unpaired) electrons. The van der Waals surface area contributed by atoms with Gasteiger partial charge >= 0.3 is 0 Å². The summed E-state index contributed by atoms with van der Waals surface area (Å²) in [7, 11) is 6.11. The van der Waals surface area contributed by atoms with E-state index in [2.05, 4.69) is 74.4 Å². The molecule has 2 nitrogen and oxygen atoms in total. The fourth-order valence-corrected chi connectivity index (χ4v) is 2.33. The number of hydrogen-bond donors (Lipinski definition) is 0. The monoisotopic (exact) mass is 243 g/mol. The Hall–Kier alpha value is -0.0800. The Morgan fingerprint density at radius 2 is 1.06 bits per heavy atom. The first-order chi connectivity index (χ1) is 7.25. The van der Waals surface area contributed by atoms with E-state index in [1.165, 1.54) is 0 Å². The molecule has 0 atom stereocenters. The van der Waals surface area contributed by atoms with Crippen molar-refractivity contribution >= 4 is 0 Å². The summed E-state index contributed by atoms with van der Waals surface area (Å²) in [6.45, 7) is 18.3. The van der Waals surface area contributed by atoms with Crippen LogP contribution in [0.25, 0.3) is 0 Å². The Balaban J connectivity index is 5.61. The Labute approximate surface area is 109 Å². The van der Waals surface area contributed by atoms with Gasteiger partial charge in [0.25, 0.3) is 0 Å². The highest BCUT2D eigenvalue weighted by Crippen LogP contribution is 2.54. The number of methoxy groups -OCH3 is 1. The minimum atomic E-state index is -0.163. The van der Waals surface area contributed by atoms with Gasteiger partial charge in [-0.1, -0.05) is 27.7 Å². The van der Waals surface area contributed by atoms with Crippen molar-refractivity contribution in [2.24, 2.45) is 10.8 Å². The maximum Gasteiger partial charge on any atom is 0.0679 e. The van der Waals surface area contributed by atoms with Crippen molar-refractivity contribution in [1.82, 2.24) is 4.90 Å². The first kappa shape index (κ1) is 16.9. The lowest BCUT2D eigenvalue weighted by Crippen LogP contribution is -2.62. The molecule has 0 saturated heterocycles. The second-order valence-corrected chi connectivity index (χ2v) is 7.42.